The number of halogens is 1. The molecule has 0 radical (unpaired) electrons. The molecule has 2 aromatic carbocycles. The van der Waals surface area contributed by atoms with Crippen LogP contribution >= 0.6 is 11.8 Å². The van der Waals surface area contributed by atoms with Crippen molar-refractivity contribution < 1.29 is 18.7 Å². The topological polar surface area (TPSA) is 67.4 Å². The summed E-state index contributed by atoms with van der Waals surface area (Å²) in [4.78, 5) is 23.5. The Balaban J connectivity index is 1.61. The molecule has 0 aromatic heterocycles. The number of methoxy groups -OCH3 is 1. The number of amides is 2. The number of carbonyl (C=O) groups is 2. The van der Waals surface area contributed by atoms with Crippen LogP contribution in [0.3, 0.4) is 0 Å². The van der Waals surface area contributed by atoms with Gasteiger partial charge in [0.15, 0.2) is 0 Å². The van der Waals surface area contributed by atoms with E-state index in [4.69, 9.17) is 4.74 Å². The van der Waals surface area contributed by atoms with E-state index in [2.05, 4.69) is 10.6 Å². The minimum Gasteiger partial charge on any atom is -0.497 e. The molecule has 0 fully saturated rings. The number of thioether (sulfide) groups is 1. The Morgan fingerprint density at radius 1 is 1.04 bits per heavy atom. The van der Waals surface area contributed by atoms with E-state index in [1.165, 1.54) is 23.9 Å². The maximum absolute atomic E-state index is 13.4. The number of benzene rings is 2. The Kier molecular flexibility index (Phi) is 7.95. The minimum atomic E-state index is -0.484. The summed E-state index contributed by atoms with van der Waals surface area (Å²) in [6.07, 6.45) is 0.716. The Morgan fingerprint density at radius 3 is 2.42 bits per heavy atom. The SMILES string of the molecule is COc1ccc(CCNC(=O)CSCC(=O)Nc2ccccc2F)cc1. The summed E-state index contributed by atoms with van der Waals surface area (Å²) < 4.78 is 18.5. The predicted molar refractivity (Wildman–Crippen MR) is 102 cm³/mol. The lowest BCUT2D eigenvalue weighted by molar-refractivity contribution is -0.118. The normalized spacial score (nSPS) is 10.2. The number of nitrogens with one attached hydrogen (secondary N) is 2. The molecule has 0 aliphatic rings. The monoisotopic (exact) mass is 376 g/mol. The molecule has 5 nitrogen and oxygen atoms in total. The second-order valence-electron chi connectivity index (χ2n) is 5.47. The van der Waals surface area contributed by atoms with E-state index < -0.39 is 5.82 Å². The van der Waals surface area contributed by atoms with Crippen LogP contribution in [0.2, 0.25) is 0 Å². The molecule has 2 amide bonds. The number of hydrogen-bond acceptors (Lipinski definition) is 4. The van der Waals surface area contributed by atoms with Crippen molar-refractivity contribution in [2.45, 2.75) is 6.42 Å². The molecule has 0 saturated heterocycles. The maximum Gasteiger partial charge on any atom is 0.234 e. The van der Waals surface area contributed by atoms with Crippen LogP contribution in [0.5, 0.6) is 5.75 Å². The third-order valence-electron chi connectivity index (χ3n) is 3.51. The highest BCUT2D eigenvalue weighted by atomic mass is 32.2. The fraction of sp³-hybridized carbons (Fsp3) is 0.263. The van der Waals surface area contributed by atoms with Crippen LogP contribution < -0.4 is 15.4 Å². The first-order chi connectivity index (χ1) is 12.6. The van der Waals surface area contributed by atoms with Crippen LogP contribution in [-0.4, -0.2) is 37.0 Å². The molecule has 138 valence electrons. The molecule has 0 bridgehead atoms. The maximum atomic E-state index is 13.4. The lowest BCUT2D eigenvalue weighted by Gasteiger charge is -2.07. The van der Waals surface area contributed by atoms with E-state index in [-0.39, 0.29) is 29.0 Å². The molecule has 0 aliphatic carbocycles. The quantitative estimate of drug-likeness (QED) is 0.706. The predicted octanol–water partition coefficient (Wildman–Crippen LogP) is 2.86. The van der Waals surface area contributed by atoms with Gasteiger partial charge in [-0.1, -0.05) is 24.3 Å². The molecule has 0 spiro atoms. The summed E-state index contributed by atoms with van der Waals surface area (Å²) in [7, 11) is 1.61. The van der Waals surface area contributed by atoms with Crippen LogP contribution in [-0.2, 0) is 16.0 Å². The van der Waals surface area contributed by atoms with Gasteiger partial charge in [0.05, 0.1) is 24.3 Å². The van der Waals surface area contributed by atoms with Gasteiger partial charge in [-0.3, -0.25) is 9.59 Å². The fourth-order valence-electron chi connectivity index (χ4n) is 2.17. The summed E-state index contributed by atoms with van der Waals surface area (Å²) >= 11 is 1.18. The highest BCUT2D eigenvalue weighted by molar-refractivity contribution is 8.00. The third kappa shape index (κ3) is 6.76. The van der Waals surface area contributed by atoms with Crippen LogP contribution in [0, 0.1) is 5.82 Å². The fourth-order valence-corrected chi connectivity index (χ4v) is 2.82. The first-order valence-corrected chi connectivity index (χ1v) is 9.25. The van der Waals surface area contributed by atoms with Gasteiger partial charge in [0.2, 0.25) is 11.8 Å². The van der Waals surface area contributed by atoms with Crippen LogP contribution in [0.15, 0.2) is 48.5 Å². The Bertz CT molecular complexity index is 738. The van der Waals surface area contributed by atoms with Gasteiger partial charge in [0, 0.05) is 6.54 Å². The molecule has 7 heteroatoms. The van der Waals surface area contributed by atoms with E-state index in [0.717, 1.165) is 11.3 Å². The van der Waals surface area contributed by atoms with E-state index in [9.17, 15) is 14.0 Å². The van der Waals surface area contributed by atoms with Crippen molar-refractivity contribution in [2.75, 3.05) is 30.5 Å². The highest BCUT2D eigenvalue weighted by Gasteiger charge is 2.08. The van der Waals surface area contributed by atoms with E-state index in [1.807, 2.05) is 24.3 Å². The molecule has 0 aliphatic heterocycles. The molecule has 0 saturated carbocycles. The van der Waals surface area contributed by atoms with E-state index >= 15 is 0 Å². The first kappa shape index (κ1) is 19.8. The van der Waals surface area contributed by atoms with Crippen molar-refractivity contribution in [3.63, 3.8) is 0 Å². The average molecular weight is 376 g/mol. The standard InChI is InChI=1S/C19H21FN2O3S/c1-25-15-8-6-14(7-9-15)10-11-21-18(23)12-26-13-19(24)22-17-5-3-2-4-16(17)20/h2-9H,10-13H2,1H3,(H,21,23)(H,22,24). The van der Waals surface area contributed by atoms with Crippen LogP contribution in [0.1, 0.15) is 5.56 Å². The Labute approximate surface area is 156 Å². The molecule has 2 N–H and O–H groups in total. The van der Waals surface area contributed by atoms with E-state index in [1.54, 1.807) is 19.2 Å². The summed E-state index contributed by atoms with van der Waals surface area (Å²) in [5.74, 6) is 0.0892. The van der Waals surface area contributed by atoms with Crippen molar-refractivity contribution in [1.29, 1.82) is 0 Å². The van der Waals surface area contributed by atoms with Gasteiger partial charge in [-0.2, -0.15) is 0 Å². The second kappa shape index (κ2) is 10.5. The summed E-state index contributed by atoms with van der Waals surface area (Å²) in [5, 5.41) is 5.29. The van der Waals surface area contributed by atoms with Gasteiger partial charge in [-0.05, 0) is 36.2 Å². The second-order valence-corrected chi connectivity index (χ2v) is 6.45. The van der Waals surface area contributed by atoms with Gasteiger partial charge < -0.3 is 15.4 Å². The first-order valence-electron chi connectivity index (χ1n) is 8.10. The Morgan fingerprint density at radius 2 is 1.73 bits per heavy atom. The lowest BCUT2D eigenvalue weighted by atomic mass is 10.1. The van der Waals surface area contributed by atoms with E-state index in [0.29, 0.717) is 13.0 Å². The molecule has 2 rings (SSSR count). The smallest absolute Gasteiger partial charge is 0.234 e. The average Bonchev–Trinajstić information content (AvgIpc) is 2.64. The zero-order chi connectivity index (χ0) is 18.8. The van der Waals surface area contributed by atoms with Gasteiger partial charge in [-0.15, -0.1) is 11.8 Å². The highest BCUT2D eigenvalue weighted by Crippen LogP contribution is 2.13. The molecule has 0 unspecified atom stereocenters. The molecule has 0 heterocycles. The molecular weight excluding hydrogens is 355 g/mol. The summed E-state index contributed by atoms with van der Waals surface area (Å²) in [6.45, 7) is 0.521. The van der Waals surface area contributed by atoms with Crippen molar-refractivity contribution in [3.8, 4) is 5.75 Å². The lowest BCUT2D eigenvalue weighted by Crippen LogP contribution is -2.28. The van der Waals surface area contributed by atoms with Crippen LogP contribution in [0.4, 0.5) is 10.1 Å². The molecule has 26 heavy (non-hydrogen) atoms. The van der Waals surface area contributed by atoms with Crippen molar-refractivity contribution >= 4 is 29.3 Å². The van der Waals surface area contributed by atoms with Crippen LogP contribution in [0.25, 0.3) is 0 Å². The van der Waals surface area contributed by atoms with Crippen molar-refractivity contribution in [1.82, 2.24) is 5.32 Å². The van der Waals surface area contributed by atoms with Crippen molar-refractivity contribution in [3.05, 3.63) is 59.9 Å². The number of para-hydroxylation sites is 1. The van der Waals surface area contributed by atoms with Gasteiger partial charge in [0.25, 0.3) is 0 Å². The third-order valence-corrected chi connectivity index (χ3v) is 4.44. The largest absolute Gasteiger partial charge is 0.497 e. The molecule has 2 aromatic rings. The zero-order valence-corrected chi connectivity index (χ0v) is 15.3. The van der Waals surface area contributed by atoms with Gasteiger partial charge in [-0.25, -0.2) is 4.39 Å². The number of anilines is 1. The summed E-state index contributed by atoms with van der Waals surface area (Å²) in [5.41, 5.74) is 1.24. The molecule has 0 atom stereocenters. The number of ether oxygens (including phenoxy) is 1. The minimum absolute atomic E-state index is 0.0836. The summed E-state index contributed by atoms with van der Waals surface area (Å²) in [6, 6.07) is 13.6. The number of hydrogen-bond donors (Lipinski definition) is 2. The van der Waals surface area contributed by atoms with Gasteiger partial charge >= 0.3 is 0 Å². The van der Waals surface area contributed by atoms with Gasteiger partial charge in [0.1, 0.15) is 11.6 Å². The number of carbonyl (C=O) groups excluding carboxylic acids is 2. The number of rotatable bonds is 9. The Hall–Kier alpha value is -2.54. The van der Waals surface area contributed by atoms with Crippen molar-refractivity contribution in [2.24, 2.45) is 0 Å². The zero-order valence-electron chi connectivity index (χ0n) is 14.5. The molecular formula is C19H21FN2O3S.